The zero-order valence-corrected chi connectivity index (χ0v) is 12.3. The Morgan fingerprint density at radius 3 is 2.45 bits per heavy atom. The molecular formula is C16H23FN2O. The molecule has 0 N–H and O–H groups in total. The molecule has 0 aliphatic heterocycles. The van der Waals surface area contributed by atoms with Crippen LogP contribution in [0.15, 0.2) is 24.3 Å². The van der Waals surface area contributed by atoms with Crippen LogP contribution in [-0.2, 0) is 11.3 Å². The second kappa shape index (κ2) is 6.84. The molecule has 0 saturated heterocycles. The van der Waals surface area contributed by atoms with Gasteiger partial charge < -0.3 is 4.90 Å². The van der Waals surface area contributed by atoms with Gasteiger partial charge in [-0.1, -0.05) is 18.2 Å². The second-order valence-electron chi connectivity index (χ2n) is 5.29. The van der Waals surface area contributed by atoms with Crippen LogP contribution >= 0.6 is 0 Å². The summed E-state index contributed by atoms with van der Waals surface area (Å²) in [6.07, 6.45) is 2.22. The average molecular weight is 278 g/mol. The predicted octanol–water partition coefficient (Wildman–Crippen LogP) is 2.66. The van der Waals surface area contributed by atoms with E-state index in [1.54, 1.807) is 12.1 Å². The standard InChI is InChI=1S/C16H23FN2O/c1-3-18(4-2)16(20)12-19(14-9-10-14)11-13-7-5-6-8-15(13)17/h5-8,14H,3-4,9-12H2,1-2H3. The number of carbonyl (C=O) groups excluding carboxylic acids is 1. The van der Waals surface area contributed by atoms with Crippen molar-refractivity contribution in [2.75, 3.05) is 19.6 Å². The van der Waals surface area contributed by atoms with Crippen LogP contribution in [0.4, 0.5) is 4.39 Å². The number of amides is 1. The minimum atomic E-state index is -0.187. The highest BCUT2D eigenvalue weighted by Crippen LogP contribution is 2.28. The van der Waals surface area contributed by atoms with Crippen molar-refractivity contribution in [3.05, 3.63) is 35.6 Å². The van der Waals surface area contributed by atoms with Crippen LogP contribution in [0.1, 0.15) is 32.3 Å². The Morgan fingerprint density at radius 2 is 1.90 bits per heavy atom. The topological polar surface area (TPSA) is 23.6 Å². The molecule has 0 aromatic heterocycles. The molecule has 0 spiro atoms. The van der Waals surface area contributed by atoms with Gasteiger partial charge in [0.1, 0.15) is 5.82 Å². The maximum Gasteiger partial charge on any atom is 0.236 e. The summed E-state index contributed by atoms with van der Waals surface area (Å²) < 4.78 is 13.7. The summed E-state index contributed by atoms with van der Waals surface area (Å²) in [5.41, 5.74) is 0.673. The zero-order chi connectivity index (χ0) is 14.5. The van der Waals surface area contributed by atoms with E-state index in [0.29, 0.717) is 24.7 Å². The summed E-state index contributed by atoms with van der Waals surface area (Å²) in [4.78, 5) is 16.2. The number of benzene rings is 1. The summed E-state index contributed by atoms with van der Waals surface area (Å²) in [5, 5.41) is 0. The van der Waals surface area contributed by atoms with Crippen molar-refractivity contribution in [1.29, 1.82) is 0 Å². The predicted molar refractivity (Wildman–Crippen MR) is 77.8 cm³/mol. The first-order valence-corrected chi connectivity index (χ1v) is 7.40. The van der Waals surface area contributed by atoms with E-state index < -0.39 is 0 Å². The van der Waals surface area contributed by atoms with Gasteiger partial charge in [-0.2, -0.15) is 0 Å². The molecule has 2 rings (SSSR count). The van der Waals surface area contributed by atoms with Crippen molar-refractivity contribution in [1.82, 2.24) is 9.80 Å². The van der Waals surface area contributed by atoms with Crippen LogP contribution in [-0.4, -0.2) is 41.4 Å². The van der Waals surface area contributed by atoms with E-state index in [1.807, 2.05) is 24.8 Å². The van der Waals surface area contributed by atoms with Crippen LogP contribution in [0.3, 0.4) is 0 Å². The van der Waals surface area contributed by atoms with Gasteiger partial charge in [-0.25, -0.2) is 4.39 Å². The number of carbonyl (C=O) groups is 1. The Bertz CT molecular complexity index is 456. The van der Waals surface area contributed by atoms with Crippen molar-refractivity contribution in [2.24, 2.45) is 0 Å². The Morgan fingerprint density at radius 1 is 1.25 bits per heavy atom. The van der Waals surface area contributed by atoms with Gasteiger partial charge in [0.25, 0.3) is 0 Å². The molecule has 1 saturated carbocycles. The molecule has 0 unspecified atom stereocenters. The molecule has 1 fully saturated rings. The molecule has 3 nitrogen and oxygen atoms in total. The van der Waals surface area contributed by atoms with E-state index in [1.165, 1.54) is 6.07 Å². The van der Waals surface area contributed by atoms with E-state index in [0.717, 1.165) is 25.9 Å². The first kappa shape index (κ1) is 15.0. The molecule has 1 aromatic rings. The Labute approximate surface area is 120 Å². The lowest BCUT2D eigenvalue weighted by molar-refractivity contribution is -0.132. The zero-order valence-electron chi connectivity index (χ0n) is 12.3. The van der Waals surface area contributed by atoms with Crippen molar-refractivity contribution in [3.63, 3.8) is 0 Å². The highest BCUT2D eigenvalue weighted by molar-refractivity contribution is 5.78. The van der Waals surface area contributed by atoms with Crippen molar-refractivity contribution in [3.8, 4) is 0 Å². The van der Waals surface area contributed by atoms with E-state index in [9.17, 15) is 9.18 Å². The van der Waals surface area contributed by atoms with Crippen LogP contribution in [0.5, 0.6) is 0 Å². The van der Waals surface area contributed by atoms with Crippen molar-refractivity contribution < 1.29 is 9.18 Å². The number of likely N-dealkylation sites (N-methyl/N-ethyl adjacent to an activating group) is 1. The lowest BCUT2D eigenvalue weighted by Crippen LogP contribution is -2.41. The number of hydrogen-bond acceptors (Lipinski definition) is 2. The highest BCUT2D eigenvalue weighted by Gasteiger charge is 2.31. The lowest BCUT2D eigenvalue weighted by Gasteiger charge is -2.26. The average Bonchev–Trinajstić information content (AvgIpc) is 3.26. The van der Waals surface area contributed by atoms with Gasteiger partial charge in [0.2, 0.25) is 5.91 Å². The smallest absolute Gasteiger partial charge is 0.236 e. The van der Waals surface area contributed by atoms with Crippen LogP contribution < -0.4 is 0 Å². The molecule has 1 aliphatic carbocycles. The number of hydrogen-bond donors (Lipinski definition) is 0. The molecule has 1 aliphatic rings. The van der Waals surface area contributed by atoms with E-state index in [4.69, 9.17) is 0 Å². The molecule has 1 aromatic carbocycles. The quantitative estimate of drug-likeness (QED) is 0.765. The Balaban J connectivity index is 2.01. The lowest BCUT2D eigenvalue weighted by atomic mass is 10.2. The van der Waals surface area contributed by atoms with Gasteiger partial charge in [0.05, 0.1) is 6.54 Å². The number of halogens is 1. The fourth-order valence-electron chi connectivity index (χ4n) is 2.45. The third kappa shape index (κ3) is 3.79. The van der Waals surface area contributed by atoms with Crippen LogP contribution in [0, 0.1) is 5.82 Å². The second-order valence-corrected chi connectivity index (χ2v) is 5.29. The van der Waals surface area contributed by atoms with Gasteiger partial charge in [-0.15, -0.1) is 0 Å². The normalized spacial score (nSPS) is 14.6. The van der Waals surface area contributed by atoms with E-state index in [2.05, 4.69) is 4.90 Å². The maximum atomic E-state index is 13.7. The number of rotatable bonds is 7. The van der Waals surface area contributed by atoms with E-state index in [-0.39, 0.29) is 11.7 Å². The SMILES string of the molecule is CCN(CC)C(=O)CN(Cc1ccccc1F)C1CC1. The molecule has 0 atom stereocenters. The minimum Gasteiger partial charge on any atom is -0.342 e. The Hall–Kier alpha value is -1.42. The number of nitrogens with zero attached hydrogens (tertiary/aromatic N) is 2. The van der Waals surface area contributed by atoms with Gasteiger partial charge in [0, 0.05) is 31.2 Å². The first-order valence-electron chi connectivity index (χ1n) is 7.40. The van der Waals surface area contributed by atoms with Gasteiger partial charge in [0.15, 0.2) is 0 Å². The fraction of sp³-hybridized carbons (Fsp3) is 0.562. The molecule has 20 heavy (non-hydrogen) atoms. The van der Waals surface area contributed by atoms with Gasteiger partial charge in [-0.3, -0.25) is 9.69 Å². The van der Waals surface area contributed by atoms with Gasteiger partial charge >= 0.3 is 0 Å². The molecule has 110 valence electrons. The van der Waals surface area contributed by atoms with Crippen molar-refractivity contribution in [2.45, 2.75) is 39.3 Å². The molecule has 4 heteroatoms. The third-order valence-electron chi connectivity index (χ3n) is 3.85. The maximum absolute atomic E-state index is 13.7. The highest BCUT2D eigenvalue weighted by atomic mass is 19.1. The minimum absolute atomic E-state index is 0.137. The third-order valence-corrected chi connectivity index (χ3v) is 3.85. The summed E-state index contributed by atoms with van der Waals surface area (Å²) in [7, 11) is 0. The summed E-state index contributed by atoms with van der Waals surface area (Å²) in [5.74, 6) is -0.0494. The monoisotopic (exact) mass is 278 g/mol. The van der Waals surface area contributed by atoms with Crippen LogP contribution in [0.2, 0.25) is 0 Å². The summed E-state index contributed by atoms with van der Waals surface area (Å²) in [6.45, 7) is 6.34. The largest absolute Gasteiger partial charge is 0.342 e. The van der Waals surface area contributed by atoms with Crippen molar-refractivity contribution >= 4 is 5.91 Å². The fourth-order valence-corrected chi connectivity index (χ4v) is 2.45. The van der Waals surface area contributed by atoms with E-state index >= 15 is 0 Å². The van der Waals surface area contributed by atoms with Gasteiger partial charge in [-0.05, 0) is 32.8 Å². The molecule has 0 bridgehead atoms. The Kier molecular flexibility index (Phi) is 5.12. The molecule has 0 radical (unpaired) electrons. The summed E-state index contributed by atoms with van der Waals surface area (Å²) in [6, 6.07) is 7.25. The summed E-state index contributed by atoms with van der Waals surface area (Å²) >= 11 is 0. The van der Waals surface area contributed by atoms with Crippen LogP contribution in [0.25, 0.3) is 0 Å². The molecular weight excluding hydrogens is 255 g/mol. The first-order chi connectivity index (χ1) is 9.65. The molecule has 1 amide bonds. The molecule has 0 heterocycles.